The highest BCUT2D eigenvalue weighted by Gasteiger charge is 2.37. The molecule has 0 saturated carbocycles. The fourth-order valence-corrected chi connectivity index (χ4v) is 6.67. The van der Waals surface area contributed by atoms with Crippen molar-refractivity contribution in [2.45, 2.75) is 98.1 Å². The van der Waals surface area contributed by atoms with Gasteiger partial charge >= 0.3 is 5.97 Å². The molecule has 5 rings (SSSR count). The number of carbonyl (C=O) groups is 1. The van der Waals surface area contributed by atoms with Gasteiger partial charge in [-0.3, -0.25) is 9.88 Å². The lowest BCUT2D eigenvalue weighted by Crippen LogP contribution is -2.40. The minimum absolute atomic E-state index is 0.180. The topological polar surface area (TPSA) is 75.1 Å². The molecule has 0 bridgehead atoms. The highest BCUT2D eigenvalue weighted by atomic mass is 19.1. The predicted octanol–water partition coefficient (Wildman–Crippen LogP) is 8.32. The number of benzene rings is 2. The standard InChI is InChI=1S/C39H51F2N3O4/c1-26-33(36(37(45)46)48-38(2,3)4)35(44-22-18-39(5,6)19-23-44)34(32(42-26)25-43-20-15-30(41)16-21-43)28-9-13-31(14-10-28)47-24-17-27-7-11-29(40)12-8-27/h7-14,30,36H,15-25H2,1-6H3,(H,45,46)/t36-/m0/s1. The molecular formula is C39H51F2N3O4. The third kappa shape index (κ3) is 9.11. The van der Waals surface area contributed by atoms with Gasteiger partial charge in [0.1, 0.15) is 17.7 Å². The van der Waals surface area contributed by atoms with E-state index in [-0.39, 0.29) is 11.2 Å². The lowest BCUT2D eigenvalue weighted by Gasteiger charge is -2.41. The van der Waals surface area contributed by atoms with Crippen LogP contribution in [-0.2, 0) is 22.5 Å². The van der Waals surface area contributed by atoms with Gasteiger partial charge in [0.2, 0.25) is 0 Å². The first-order chi connectivity index (χ1) is 22.7. The molecule has 48 heavy (non-hydrogen) atoms. The van der Waals surface area contributed by atoms with Gasteiger partial charge in [0, 0.05) is 56.0 Å². The van der Waals surface area contributed by atoms with Crippen molar-refractivity contribution >= 4 is 11.7 Å². The molecule has 3 aromatic rings. The summed E-state index contributed by atoms with van der Waals surface area (Å²) in [6.07, 6.45) is 1.55. The van der Waals surface area contributed by atoms with Crippen LogP contribution in [0.25, 0.3) is 11.1 Å². The van der Waals surface area contributed by atoms with Crippen LogP contribution in [0.5, 0.6) is 5.75 Å². The van der Waals surface area contributed by atoms with Crippen molar-refractivity contribution in [3.8, 4) is 16.9 Å². The van der Waals surface area contributed by atoms with E-state index in [2.05, 4.69) is 23.6 Å². The van der Waals surface area contributed by atoms with E-state index in [9.17, 15) is 18.7 Å². The molecule has 2 saturated heterocycles. The number of carboxylic acids is 1. The Morgan fingerprint density at radius 3 is 2.23 bits per heavy atom. The van der Waals surface area contributed by atoms with Gasteiger partial charge < -0.3 is 19.5 Å². The number of nitrogens with zero attached hydrogens (tertiary/aromatic N) is 3. The third-order valence-corrected chi connectivity index (χ3v) is 9.47. The highest BCUT2D eigenvalue weighted by Crippen LogP contribution is 2.45. The molecule has 2 aliphatic rings. The van der Waals surface area contributed by atoms with Crippen molar-refractivity contribution in [2.75, 3.05) is 37.7 Å². The summed E-state index contributed by atoms with van der Waals surface area (Å²) < 4.78 is 39.8. The number of rotatable bonds is 11. The minimum Gasteiger partial charge on any atom is -0.493 e. The summed E-state index contributed by atoms with van der Waals surface area (Å²) in [6, 6.07) is 14.3. The fourth-order valence-electron chi connectivity index (χ4n) is 6.67. The zero-order valence-electron chi connectivity index (χ0n) is 29.3. The SMILES string of the molecule is Cc1nc(CN2CCC(F)CC2)c(-c2ccc(OCCc3ccc(F)cc3)cc2)c(N2CCC(C)(C)CC2)c1[C@H](OC(C)(C)C)C(=O)O. The number of piperidine rings is 2. The quantitative estimate of drug-likeness (QED) is 0.221. The zero-order chi connectivity index (χ0) is 34.6. The Balaban J connectivity index is 1.58. The molecule has 1 N–H and O–H groups in total. The predicted molar refractivity (Wildman–Crippen MR) is 186 cm³/mol. The minimum atomic E-state index is -1.22. The van der Waals surface area contributed by atoms with Crippen LogP contribution in [0.3, 0.4) is 0 Å². The molecule has 9 heteroatoms. The number of alkyl halides is 1. The summed E-state index contributed by atoms with van der Waals surface area (Å²) in [5, 5.41) is 10.6. The molecule has 1 atom stereocenters. The Hall–Kier alpha value is -3.56. The van der Waals surface area contributed by atoms with E-state index < -0.39 is 23.8 Å². The Morgan fingerprint density at radius 2 is 1.65 bits per heavy atom. The average molecular weight is 664 g/mol. The van der Waals surface area contributed by atoms with Crippen LogP contribution in [0, 0.1) is 18.2 Å². The molecule has 260 valence electrons. The molecule has 0 amide bonds. The summed E-state index contributed by atoms with van der Waals surface area (Å²) >= 11 is 0. The first kappa shape index (κ1) is 35.7. The lowest BCUT2D eigenvalue weighted by molar-refractivity contribution is -0.160. The molecule has 1 aromatic heterocycles. The summed E-state index contributed by atoms with van der Waals surface area (Å²) in [5.74, 6) is -0.613. The Bertz CT molecular complexity index is 1540. The van der Waals surface area contributed by atoms with E-state index in [4.69, 9.17) is 14.5 Å². The molecule has 7 nitrogen and oxygen atoms in total. The Labute approximate surface area is 284 Å². The van der Waals surface area contributed by atoms with Crippen molar-refractivity contribution in [3.63, 3.8) is 0 Å². The normalized spacial score (nSPS) is 18.1. The fraction of sp³-hybridized carbons (Fsp3) is 0.538. The molecule has 0 spiro atoms. The van der Waals surface area contributed by atoms with Gasteiger partial charge in [-0.1, -0.05) is 38.1 Å². The van der Waals surface area contributed by atoms with Crippen LogP contribution in [0.4, 0.5) is 14.5 Å². The summed E-state index contributed by atoms with van der Waals surface area (Å²) in [4.78, 5) is 22.7. The summed E-state index contributed by atoms with van der Waals surface area (Å²) in [7, 11) is 0. The van der Waals surface area contributed by atoms with Crippen LogP contribution < -0.4 is 9.64 Å². The van der Waals surface area contributed by atoms with Crippen molar-refractivity contribution in [1.82, 2.24) is 9.88 Å². The lowest BCUT2D eigenvalue weighted by atomic mass is 9.81. The van der Waals surface area contributed by atoms with Crippen LogP contribution in [0.15, 0.2) is 48.5 Å². The number of aryl methyl sites for hydroxylation is 1. The number of pyridine rings is 1. The second kappa shape index (κ2) is 14.9. The second-order valence-electron chi connectivity index (χ2n) is 15.1. The van der Waals surface area contributed by atoms with Gasteiger partial charge in [0.15, 0.2) is 6.10 Å². The van der Waals surface area contributed by atoms with Gasteiger partial charge in [-0.2, -0.15) is 0 Å². The largest absolute Gasteiger partial charge is 0.493 e. The molecule has 3 heterocycles. The summed E-state index contributed by atoms with van der Waals surface area (Å²) in [5.41, 5.74) is 5.17. The van der Waals surface area contributed by atoms with Gasteiger partial charge in [-0.25, -0.2) is 13.6 Å². The molecular weight excluding hydrogens is 612 g/mol. The van der Waals surface area contributed by atoms with Gasteiger partial charge in [-0.05, 0) is 94.2 Å². The molecule has 0 aliphatic carbocycles. The van der Waals surface area contributed by atoms with E-state index >= 15 is 0 Å². The van der Waals surface area contributed by atoms with Crippen LogP contribution in [0.2, 0.25) is 0 Å². The zero-order valence-corrected chi connectivity index (χ0v) is 29.3. The average Bonchev–Trinajstić information content (AvgIpc) is 3.02. The molecule has 0 radical (unpaired) electrons. The Kier molecular flexibility index (Phi) is 11.1. The van der Waals surface area contributed by atoms with Gasteiger partial charge in [0.05, 0.1) is 23.6 Å². The van der Waals surface area contributed by atoms with Crippen molar-refractivity contribution in [2.24, 2.45) is 5.41 Å². The third-order valence-electron chi connectivity index (χ3n) is 9.47. The number of hydrogen-bond donors (Lipinski definition) is 1. The maximum atomic E-state index is 14.1. The second-order valence-corrected chi connectivity index (χ2v) is 15.1. The number of anilines is 1. The number of aliphatic carboxylic acids is 1. The smallest absolute Gasteiger partial charge is 0.337 e. The highest BCUT2D eigenvalue weighted by molar-refractivity contribution is 5.88. The number of aromatic nitrogens is 1. The van der Waals surface area contributed by atoms with Crippen LogP contribution >= 0.6 is 0 Å². The number of hydrogen-bond acceptors (Lipinski definition) is 6. The van der Waals surface area contributed by atoms with Crippen molar-refractivity contribution in [1.29, 1.82) is 0 Å². The van der Waals surface area contributed by atoms with E-state index in [0.29, 0.717) is 62.5 Å². The van der Waals surface area contributed by atoms with E-state index in [0.717, 1.165) is 54.0 Å². The van der Waals surface area contributed by atoms with Crippen LogP contribution in [-0.4, -0.2) is 65.5 Å². The van der Waals surface area contributed by atoms with E-state index in [1.54, 1.807) is 12.1 Å². The Morgan fingerprint density at radius 1 is 1.02 bits per heavy atom. The van der Waals surface area contributed by atoms with Crippen LogP contribution in [0.1, 0.15) is 88.9 Å². The maximum Gasteiger partial charge on any atom is 0.337 e. The van der Waals surface area contributed by atoms with Crippen molar-refractivity contribution < 1.29 is 28.2 Å². The summed E-state index contributed by atoms with van der Waals surface area (Å²) in [6.45, 7) is 15.8. The van der Waals surface area contributed by atoms with Gasteiger partial charge in [0.25, 0.3) is 0 Å². The van der Waals surface area contributed by atoms with E-state index in [1.807, 2.05) is 52.0 Å². The van der Waals surface area contributed by atoms with E-state index in [1.165, 1.54) is 12.1 Å². The maximum absolute atomic E-state index is 14.1. The monoisotopic (exact) mass is 663 g/mol. The number of likely N-dealkylation sites (tertiary alicyclic amines) is 1. The first-order valence-corrected chi connectivity index (χ1v) is 17.2. The first-order valence-electron chi connectivity index (χ1n) is 17.2. The van der Waals surface area contributed by atoms with Gasteiger partial charge in [-0.15, -0.1) is 0 Å². The number of carboxylic acid groups (broad SMARTS) is 1. The van der Waals surface area contributed by atoms with Crippen molar-refractivity contribution in [3.05, 3.63) is 76.9 Å². The molecule has 0 unspecified atom stereocenters. The molecule has 2 aromatic carbocycles. The number of ether oxygens (including phenoxy) is 2. The molecule has 2 aliphatic heterocycles. The molecule has 2 fully saturated rings. The number of halogens is 2.